The van der Waals surface area contributed by atoms with Crippen molar-refractivity contribution >= 4 is 11.6 Å². The molecule has 0 nitrogen and oxygen atoms in total. The van der Waals surface area contributed by atoms with Gasteiger partial charge < -0.3 is 0 Å². The molecule has 2 aliphatic rings. The summed E-state index contributed by atoms with van der Waals surface area (Å²) in [6.07, 6.45) is 13.8. The third kappa shape index (κ3) is 2.37. The fourth-order valence-corrected chi connectivity index (χ4v) is 2.64. The Kier molecular flexibility index (Phi) is 3.10. The number of hydrogen-bond acceptors (Lipinski definition) is 0. The van der Waals surface area contributed by atoms with E-state index >= 15 is 0 Å². The molecule has 2 aliphatic carbocycles. The maximum Gasteiger partial charge on any atom is 0.0186 e. The van der Waals surface area contributed by atoms with Gasteiger partial charge in [0, 0.05) is 5.03 Å². The molecule has 1 saturated carbocycles. The van der Waals surface area contributed by atoms with Crippen molar-refractivity contribution in [3.63, 3.8) is 0 Å². The van der Waals surface area contributed by atoms with Gasteiger partial charge >= 0.3 is 0 Å². The molecule has 2 rings (SSSR count). The topological polar surface area (TPSA) is 0 Å². The second kappa shape index (κ2) is 4.32. The third-order valence-electron chi connectivity index (χ3n) is 3.16. The van der Waals surface area contributed by atoms with E-state index in [1.54, 1.807) is 0 Å². The summed E-state index contributed by atoms with van der Waals surface area (Å²) in [6.45, 7) is 0. The van der Waals surface area contributed by atoms with Gasteiger partial charge in [-0.15, -0.1) is 0 Å². The molecule has 0 atom stereocenters. The molecule has 0 aliphatic heterocycles. The summed E-state index contributed by atoms with van der Waals surface area (Å²) in [7, 11) is 0. The Hall–Kier alpha value is -0.230. The second-order valence-corrected chi connectivity index (χ2v) is 4.65. The second-order valence-electron chi connectivity index (χ2n) is 4.17. The van der Waals surface area contributed by atoms with E-state index in [9.17, 15) is 0 Å². The van der Waals surface area contributed by atoms with Gasteiger partial charge in [-0.05, 0) is 43.3 Å². The first kappa shape index (κ1) is 9.33. The number of hydrogen-bond donors (Lipinski definition) is 0. The molecule has 13 heavy (non-hydrogen) atoms. The zero-order valence-electron chi connectivity index (χ0n) is 8.06. The van der Waals surface area contributed by atoms with Crippen LogP contribution in [0.3, 0.4) is 0 Å². The highest BCUT2D eigenvalue weighted by Crippen LogP contribution is 2.34. The molecule has 0 saturated heterocycles. The van der Waals surface area contributed by atoms with Gasteiger partial charge in [-0.1, -0.05) is 36.9 Å². The summed E-state index contributed by atoms with van der Waals surface area (Å²) in [5.74, 6) is 0.822. The van der Waals surface area contributed by atoms with E-state index in [-0.39, 0.29) is 0 Å². The van der Waals surface area contributed by atoms with Crippen LogP contribution in [-0.2, 0) is 0 Å². The molecular formula is C12H17Cl. The lowest BCUT2D eigenvalue weighted by Gasteiger charge is -2.24. The minimum atomic E-state index is 0.822. The monoisotopic (exact) mass is 196 g/mol. The predicted molar refractivity (Wildman–Crippen MR) is 57.8 cm³/mol. The summed E-state index contributed by atoms with van der Waals surface area (Å²) in [6, 6.07) is 0. The lowest BCUT2D eigenvalue weighted by Crippen LogP contribution is -2.09. The minimum Gasteiger partial charge on any atom is -0.0891 e. The summed E-state index contributed by atoms with van der Waals surface area (Å²) in [4.78, 5) is 0. The maximum atomic E-state index is 6.05. The molecule has 0 bridgehead atoms. The molecule has 0 aromatic rings. The van der Waals surface area contributed by atoms with Gasteiger partial charge in [-0.25, -0.2) is 0 Å². The van der Waals surface area contributed by atoms with Gasteiger partial charge in [-0.2, -0.15) is 0 Å². The van der Waals surface area contributed by atoms with Gasteiger partial charge in [0.25, 0.3) is 0 Å². The summed E-state index contributed by atoms with van der Waals surface area (Å²) >= 11 is 6.05. The largest absolute Gasteiger partial charge is 0.0891 e. The van der Waals surface area contributed by atoms with Crippen LogP contribution in [0.25, 0.3) is 0 Å². The van der Waals surface area contributed by atoms with Crippen molar-refractivity contribution in [1.82, 2.24) is 0 Å². The number of halogens is 1. The average molecular weight is 197 g/mol. The van der Waals surface area contributed by atoms with Crippen molar-refractivity contribution in [2.24, 2.45) is 5.92 Å². The van der Waals surface area contributed by atoms with Gasteiger partial charge in [0.05, 0.1) is 0 Å². The molecule has 0 radical (unpaired) electrons. The van der Waals surface area contributed by atoms with E-state index in [1.165, 1.54) is 37.7 Å². The molecule has 0 aromatic heterocycles. The summed E-state index contributed by atoms with van der Waals surface area (Å²) in [5.41, 5.74) is 1.52. The van der Waals surface area contributed by atoms with Crippen molar-refractivity contribution in [2.45, 2.75) is 44.9 Å². The third-order valence-corrected chi connectivity index (χ3v) is 3.46. The fraction of sp³-hybridized carbons (Fsp3) is 0.667. The molecule has 72 valence electrons. The Morgan fingerprint density at radius 2 is 1.92 bits per heavy atom. The van der Waals surface area contributed by atoms with E-state index in [2.05, 4.69) is 12.2 Å². The SMILES string of the molecule is ClC1=CC(C2CCCCC2)=CCC1. The highest BCUT2D eigenvalue weighted by atomic mass is 35.5. The predicted octanol–water partition coefficient (Wildman–Crippen LogP) is 4.41. The Morgan fingerprint density at radius 1 is 1.15 bits per heavy atom. The average Bonchev–Trinajstić information content (AvgIpc) is 2.19. The van der Waals surface area contributed by atoms with E-state index in [4.69, 9.17) is 11.6 Å². The minimum absolute atomic E-state index is 0.822. The quantitative estimate of drug-likeness (QED) is 0.583. The standard InChI is InChI=1S/C12H17Cl/c13-12-8-4-7-11(9-12)10-5-2-1-3-6-10/h7,9-10H,1-6,8H2. The van der Waals surface area contributed by atoms with Crippen molar-refractivity contribution in [3.8, 4) is 0 Å². The van der Waals surface area contributed by atoms with Crippen molar-refractivity contribution in [2.75, 3.05) is 0 Å². The first-order valence-corrected chi connectivity index (χ1v) is 5.80. The number of allylic oxidation sites excluding steroid dienone is 4. The normalized spacial score (nSPS) is 25.3. The highest BCUT2D eigenvalue weighted by Gasteiger charge is 2.17. The van der Waals surface area contributed by atoms with Crippen LogP contribution < -0.4 is 0 Å². The fourth-order valence-electron chi connectivity index (χ4n) is 2.41. The molecule has 0 amide bonds. The van der Waals surface area contributed by atoms with Gasteiger partial charge in [0.2, 0.25) is 0 Å². The van der Waals surface area contributed by atoms with Crippen LogP contribution in [0.15, 0.2) is 22.8 Å². The molecule has 0 heterocycles. The van der Waals surface area contributed by atoms with Crippen molar-refractivity contribution in [1.29, 1.82) is 0 Å². The molecule has 1 fully saturated rings. The van der Waals surface area contributed by atoms with Crippen LogP contribution in [0.4, 0.5) is 0 Å². The molecule has 0 unspecified atom stereocenters. The smallest absolute Gasteiger partial charge is 0.0186 e. The Labute approximate surface area is 85.7 Å². The highest BCUT2D eigenvalue weighted by molar-refractivity contribution is 6.29. The van der Waals surface area contributed by atoms with E-state index in [0.717, 1.165) is 23.8 Å². The van der Waals surface area contributed by atoms with Crippen LogP contribution in [0, 0.1) is 5.92 Å². The number of rotatable bonds is 1. The zero-order valence-corrected chi connectivity index (χ0v) is 8.82. The van der Waals surface area contributed by atoms with Crippen LogP contribution in [0.1, 0.15) is 44.9 Å². The lowest BCUT2D eigenvalue weighted by molar-refractivity contribution is 0.406. The van der Waals surface area contributed by atoms with Gasteiger partial charge in [-0.3, -0.25) is 0 Å². The van der Waals surface area contributed by atoms with E-state index in [0.29, 0.717) is 0 Å². The molecular weight excluding hydrogens is 180 g/mol. The molecule has 1 heteroatoms. The molecule has 0 spiro atoms. The van der Waals surface area contributed by atoms with Gasteiger partial charge in [0.1, 0.15) is 0 Å². The summed E-state index contributed by atoms with van der Waals surface area (Å²) < 4.78 is 0. The summed E-state index contributed by atoms with van der Waals surface area (Å²) in [5, 5.41) is 1.06. The molecule has 0 N–H and O–H groups in total. The zero-order chi connectivity index (χ0) is 9.10. The maximum absolute atomic E-state index is 6.05. The Bertz CT molecular complexity index is 232. The van der Waals surface area contributed by atoms with Crippen LogP contribution in [0.5, 0.6) is 0 Å². The van der Waals surface area contributed by atoms with Crippen LogP contribution in [-0.4, -0.2) is 0 Å². The Balaban J connectivity index is 2.02. The Morgan fingerprint density at radius 3 is 2.62 bits per heavy atom. The van der Waals surface area contributed by atoms with E-state index < -0.39 is 0 Å². The van der Waals surface area contributed by atoms with E-state index in [1.807, 2.05) is 0 Å². The van der Waals surface area contributed by atoms with Crippen LogP contribution in [0.2, 0.25) is 0 Å². The van der Waals surface area contributed by atoms with Crippen LogP contribution >= 0.6 is 11.6 Å². The van der Waals surface area contributed by atoms with Crippen molar-refractivity contribution < 1.29 is 0 Å². The lowest BCUT2D eigenvalue weighted by atomic mass is 9.82. The first-order valence-electron chi connectivity index (χ1n) is 5.42. The first-order chi connectivity index (χ1) is 6.36. The van der Waals surface area contributed by atoms with Crippen molar-refractivity contribution in [3.05, 3.63) is 22.8 Å². The molecule has 0 aromatic carbocycles. The van der Waals surface area contributed by atoms with Gasteiger partial charge in [0.15, 0.2) is 0 Å².